The summed E-state index contributed by atoms with van der Waals surface area (Å²) in [4.78, 5) is 17.9. The second-order valence-corrected chi connectivity index (χ2v) is 7.07. The highest BCUT2D eigenvalue weighted by atomic mass is 79.9. The van der Waals surface area contributed by atoms with Gasteiger partial charge >= 0.3 is 0 Å². The Labute approximate surface area is 129 Å². The maximum absolute atomic E-state index is 12.6. The fourth-order valence-corrected chi connectivity index (χ4v) is 4.37. The molecule has 1 N–H and O–H groups in total. The van der Waals surface area contributed by atoms with Crippen LogP contribution in [0.15, 0.2) is 56.9 Å². The van der Waals surface area contributed by atoms with E-state index < -0.39 is 9.84 Å². The van der Waals surface area contributed by atoms with Crippen molar-refractivity contribution in [1.29, 1.82) is 0 Å². The van der Waals surface area contributed by atoms with Crippen molar-refractivity contribution in [3.8, 4) is 0 Å². The summed E-state index contributed by atoms with van der Waals surface area (Å²) < 4.78 is 25.6. The second-order valence-electron chi connectivity index (χ2n) is 4.36. The van der Waals surface area contributed by atoms with Gasteiger partial charge in [0.15, 0.2) is 6.29 Å². The van der Waals surface area contributed by atoms with Gasteiger partial charge in [-0.1, -0.05) is 18.2 Å². The Morgan fingerprint density at radius 1 is 1.19 bits per heavy atom. The zero-order chi connectivity index (χ0) is 15.0. The summed E-state index contributed by atoms with van der Waals surface area (Å²) in [7, 11) is -3.67. The Morgan fingerprint density at radius 2 is 1.90 bits per heavy atom. The molecule has 0 bridgehead atoms. The molecule has 3 rings (SSSR count). The summed E-state index contributed by atoms with van der Waals surface area (Å²) in [5.41, 5.74) is 0.795. The molecule has 0 unspecified atom stereocenters. The number of halogens is 1. The first-order valence-corrected chi connectivity index (χ1v) is 8.24. The number of aldehydes is 1. The first-order chi connectivity index (χ1) is 10.0. The standard InChI is InChI=1S/C14H9BrN2O3S/c15-13-11-6-9(8-18)17-14(11)16-7-12(13)21(19,20)10-4-2-1-3-5-10/h1-8H,(H,16,17). The van der Waals surface area contributed by atoms with Crippen LogP contribution < -0.4 is 0 Å². The van der Waals surface area contributed by atoms with Gasteiger partial charge in [-0.05, 0) is 34.1 Å². The first kappa shape index (κ1) is 14.0. The van der Waals surface area contributed by atoms with Crippen LogP contribution in [-0.4, -0.2) is 24.7 Å². The van der Waals surface area contributed by atoms with E-state index in [1.807, 2.05) is 0 Å². The molecule has 1 aromatic carbocycles. The minimum Gasteiger partial charge on any atom is -0.337 e. The zero-order valence-electron chi connectivity index (χ0n) is 10.6. The van der Waals surface area contributed by atoms with Crippen molar-refractivity contribution >= 4 is 43.1 Å². The molecule has 0 aliphatic rings. The van der Waals surface area contributed by atoms with Crippen LogP contribution in [0.2, 0.25) is 0 Å². The van der Waals surface area contributed by atoms with Gasteiger partial charge in [0, 0.05) is 16.1 Å². The molecule has 2 heterocycles. The molecule has 106 valence electrons. The largest absolute Gasteiger partial charge is 0.337 e. The SMILES string of the molecule is O=Cc1cc2c(Br)c(S(=O)(=O)c3ccccc3)cnc2[nH]1. The van der Waals surface area contributed by atoms with Gasteiger partial charge in [0.1, 0.15) is 10.5 Å². The molecule has 0 spiro atoms. The van der Waals surface area contributed by atoms with E-state index in [9.17, 15) is 13.2 Å². The lowest BCUT2D eigenvalue weighted by atomic mass is 10.3. The van der Waals surface area contributed by atoms with Crippen molar-refractivity contribution < 1.29 is 13.2 Å². The fourth-order valence-electron chi connectivity index (χ4n) is 2.02. The molecule has 0 amide bonds. The number of carbonyl (C=O) groups is 1. The molecular formula is C14H9BrN2O3S. The third kappa shape index (κ3) is 2.28. The average molecular weight is 365 g/mol. The lowest BCUT2D eigenvalue weighted by Gasteiger charge is -2.06. The number of nitrogens with one attached hydrogen (secondary N) is 1. The first-order valence-electron chi connectivity index (χ1n) is 5.96. The quantitative estimate of drug-likeness (QED) is 0.724. The van der Waals surface area contributed by atoms with E-state index in [0.29, 0.717) is 27.5 Å². The molecule has 5 nitrogen and oxygen atoms in total. The molecule has 0 saturated carbocycles. The van der Waals surface area contributed by atoms with Gasteiger partial charge in [-0.2, -0.15) is 0 Å². The van der Waals surface area contributed by atoms with E-state index in [1.54, 1.807) is 24.3 Å². The molecule has 0 fully saturated rings. The van der Waals surface area contributed by atoms with E-state index >= 15 is 0 Å². The van der Waals surface area contributed by atoms with Crippen LogP contribution in [0.1, 0.15) is 10.5 Å². The number of rotatable bonds is 3. The molecule has 0 radical (unpaired) electrons. The third-order valence-electron chi connectivity index (χ3n) is 3.05. The Kier molecular flexibility index (Phi) is 3.38. The highest BCUT2D eigenvalue weighted by Gasteiger charge is 2.23. The molecule has 0 aliphatic heterocycles. The van der Waals surface area contributed by atoms with Crippen molar-refractivity contribution in [3.05, 3.63) is 52.8 Å². The molecule has 0 aliphatic carbocycles. The van der Waals surface area contributed by atoms with Crippen molar-refractivity contribution in [3.63, 3.8) is 0 Å². The van der Waals surface area contributed by atoms with Gasteiger partial charge in [0.05, 0.1) is 10.6 Å². The van der Waals surface area contributed by atoms with Crippen LogP contribution in [0.4, 0.5) is 0 Å². The van der Waals surface area contributed by atoms with Gasteiger partial charge in [-0.15, -0.1) is 0 Å². The highest BCUT2D eigenvalue weighted by Crippen LogP contribution is 2.32. The summed E-state index contributed by atoms with van der Waals surface area (Å²) in [6.45, 7) is 0. The molecule has 0 atom stereocenters. The highest BCUT2D eigenvalue weighted by molar-refractivity contribution is 9.10. The number of carbonyl (C=O) groups excluding carboxylic acids is 1. The number of fused-ring (bicyclic) bond motifs is 1. The molecule has 21 heavy (non-hydrogen) atoms. The van der Waals surface area contributed by atoms with Crippen LogP contribution in [0.25, 0.3) is 11.0 Å². The number of pyridine rings is 1. The summed E-state index contributed by atoms with van der Waals surface area (Å²) in [5.74, 6) is 0. The lowest BCUT2D eigenvalue weighted by Crippen LogP contribution is -2.03. The van der Waals surface area contributed by atoms with Gasteiger partial charge in [-0.3, -0.25) is 4.79 Å². The van der Waals surface area contributed by atoms with Crippen LogP contribution in [0.5, 0.6) is 0 Å². The Hall–Kier alpha value is -1.99. The molecule has 0 saturated heterocycles. The van der Waals surface area contributed by atoms with E-state index in [0.717, 1.165) is 0 Å². The van der Waals surface area contributed by atoms with Gasteiger partial charge < -0.3 is 4.98 Å². The normalized spacial score (nSPS) is 11.7. The predicted molar refractivity (Wildman–Crippen MR) is 81.1 cm³/mol. The smallest absolute Gasteiger partial charge is 0.209 e. The maximum Gasteiger partial charge on any atom is 0.209 e. The van der Waals surface area contributed by atoms with Crippen molar-refractivity contribution in [2.45, 2.75) is 9.79 Å². The molecule has 3 aromatic rings. The average Bonchev–Trinajstić information content (AvgIpc) is 2.92. The Bertz CT molecular complexity index is 934. The predicted octanol–water partition coefficient (Wildman–Crippen LogP) is 2.97. The van der Waals surface area contributed by atoms with E-state index in [2.05, 4.69) is 25.9 Å². The minimum atomic E-state index is -3.67. The zero-order valence-corrected chi connectivity index (χ0v) is 13.0. The number of hydrogen-bond acceptors (Lipinski definition) is 4. The van der Waals surface area contributed by atoms with Crippen LogP contribution >= 0.6 is 15.9 Å². The van der Waals surface area contributed by atoms with E-state index in [1.165, 1.54) is 18.3 Å². The number of hydrogen-bond donors (Lipinski definition) is 1. The van der Waals surface area contributed by atoms with Crippen molar-refractivity contribution in [1.82, 2.24) is 9.97 Å². The fraction of sp³-hybridized carbons (Fsp3) is 0. The van der Waals surface area contributed by atoms with Gasteiger partial charge in [0.25, 0.3) is 0 Å². The number of aromatic nitrogens is 2. The number of H-pyrrole nitrogens is 1. The summed E-state index contributed by atoms with van der Waals surface area (Å²) in [6, 6.07) is 9.68. The lowest BCUT2D eigenvalue weighted by molar-refractivity contribution is 0.111. The van der Waals surface area contributed by atoms with Gasteiger partial charge in [-0.25, -0.2) is 13.4 Å². The number of aromatic amines is 1. The summed E-state index contributed by atoms with van der Waals surface area (Å²) in [5, 5.41) is 0.550. The van der Waals surface area contributed by atoms with E-state index in [4.69, 9.17) is 0 Å². The van der Waals surface area contributed by atoms with Crippen LogP contribution in [-0.2, 0) is 9.84 Å². The summed E-state index contributed by atoms with van der Waals surface area (Å²) in [6.07, 6.45) is 1.93. The molecular weight excluding hydrogens is 356 g/mol. The number of nitrogens with zero attached hydrogens (tertiary/aromatic N) is 1. The van der Waals surface area contributed by atoms with Crippen LogP contribution in [0.3, 0.4) is 0 Å². The number of sulfone groups is 1. The van der Waals surface area contributed by atoms with Crippen LogP contribution in [0, 0.1) is 0 Å². The summed E-state index contributed by atoms with van der Waals surface area (Å²) >= 11 is 3.30. The molecule has 7 heteroatoms. The third-order valence-corrected chi connectivity index (χ3v) is 5.95. The minimum absolute atomic E-state index is 0.0673. The topological polar surface area (TPSA) is 79.9 Å². The maximum atomic E-state index is 12.6. The second kappa shape index (κ2) is 5.09. The Morgan fingerprint density at radius 3 is 2.57 bits per heavy atom. The molecule has 2 aromatic heterocycles. The van der Waals surface area contributed by atoms with Crippen molar-refractivity contribution in [2.75, 3.05) is 0 Å². The Balaban J connectivity index is 2.26. The number of benzene rings is 1. The van der Waals surface area contributed by atoms with Crippen molar-refractivity contribution in [2.24, 2.45) is 0 Å². The van der Waals surface area contributed by atoms with Gasteiger partial charge in [0.2, 0.25) is 9.84 Å². The van der Waals surface area contributed by atoms with E-state index in [-0.39, 0.29) is 9.79 Å². The monoisotopic (exact) mass is 364 g/mol.